The molecule has 12 nitrogen and oxygen atoms in total. The molecule has 0 spiro atoms. The van der Waals surface area contributed by atoms with Gasteiger partial charge in [-0.2, -0.15) is 0 Å². The Morgan fingerprint density at radius 1 is 1.05 bits per heavy atom. The van der Waals surface area contributed by atoms with Gasteiger partial charge in [-0.3, -0.25) is 19.2 Å². The first-order chi connectivity index (χ1) is 18.8. The number of alkyl carbamates (subject to hydrolysis) is 1. The minimum absolute atomic E-state index is 0.0855. The Kier molecular flexibility index (Phi) is 14.5. The molecule has 0 fully saturated rings. The molecule has 1 aromatic rings. The molecule has 0 radical (unpaired) electrons. The van der Waals surface area contributed by atoms with Gasteiger partial charge in [-0.25, -0.2) is 4.79 Å². The fourth-order valence-corrected chi connectivity index (χ4v) is 3.98. The van der Waals surface area contributed by atoms with E-state index in [-0.39, 0.29) is 17.9 Å². The second kappa shape index (κ2) is 17.0. The highest BCUT2D eigenvalue weighted by atomic mass is 16.6. The maximum Gasteiger partial charge on any atom is 0.408 e. The molecule has 2 atom stereocenters. The predicted molar refractivity (Wildman–Crippen MR) is 148 cm³/mol. The molecular formula is C28H44N4O8. The summed E-state index contributed by atoms with van der Waals surface area (Å²) in [6, 6.07) is 3.06. The molecule has 0 aliphatic heterocycles. The fraction of sp³-hybridized carbons (Fsp3) is 0.607. The highest BCUT2D eigenvalue weighted by molar-refractivity contribution is 5.95. The average molecular weight is 565 g/mol. The van der Waals surface area contributed by atoms with Crippen LogP contribution in [0.1, 0.15) is 84.2 Å². The fourth-order valence-electron chi connectivity index (χ4n) is 3.98. The molecule has 0 saturated heterocycles. The van der Waals surface area contributed by atoms with Crippen LogP contribution in [0.2, 0.25) is 0 Å². The molecule has 4 amide bonds. The summed E-state index contributed by atoms with van der Waals surface area (Å²) in [4.78, 5) is 64.8. The van der Waals surface area contributed by atoms with Crippen LogP contribution in [0.4, 0.5) is 4.79 Å². The molecule has 12 heteroatoms. The van der Waals surface area contributed by atoms with Gasteiger partial charge in [-0.15, -0.1) is 0 Å². The molecule has 1 rings (SSSR count). The van der Waals surface area contributed by atoms with Crippen molar-refractivity contribution in [3.05, 3.63) is 29.8 Å². The third-order valence-corrected chi connectivity index (χ3v) is 5.81. The maximum absolute atomic E-state index is 14.0. The standard InChI is InChI=1S/C28H44N4O8/c1-6-7-8-9-10-11-15-32(26(37)21(17-22(29)34)31-27(38)40-28(2,3)4)24(19-13-12-14-20(33)16-19)25(36)30-18-23(35)39-5/h12-14,16,21,24,33H,6-11,15,17-18H2,1-5H3,(H2,29,34)(H,30,36)(H,31,38). The third-order valence-electron chi connectivity index (χ3n) is 5.81. The topological polar surface area (TPSA) is 177 Å². The van der Waals surface area contributed by atoms with Crippen LogP contribution < -0.4 is 16.4 Å². The Bertz CT molecular complexity index is 1010. The van der Waals surface area contributed by atoms with Crippen LogP contribution in [-0.2, 0) is 28.7 Å². The number of carbonyl (C=O) groups excluding carboxylic acids is 5. The summed E-state index contributed by atoms with van der Waals surface area (Å²) >= 11 is 0. The zero-order valence-electron chi connectivity index (χ0n) is 24.2. The lowest BCUT2D eigenvalue weighted by Gasteiger charge is -2.34. The van der Waals surface area contributed by atoms with E-state index in [0.717, 1.165) is 32.1 Å². The number of hydrogen-bond acceptors (Lipinski definition) is 8. The largest absolute Gasteiger partial charge is 0.508 e. The van der Waals surface area contributed by atoms with Gasteiger partial charge in [0.05, 0.1) is 13.5 Å². The molecule has 224 valence electrons. The quantitative estimate of drug-likeness (QED) is 0.175. The Balaban J connectivity index is 3.46. The number of carbonyl (C=O) groups is 5. The van der Waals surface area contributed by atoms with E-state index in [9.17, 15) is 29.1 Å². The monoisotopic (exact) mass is 564 g/mol. The highest BCUT2D eigenvalue weighted by Gasteiger charge is 2.37. The van der Waals surface area contributed by atoms with Gasteiger partial charge in [0.2, 0.25) is 17.7 Å². The number of unbranched alkanes of at least 4 members (excludes halogenated alkanes) is 5. The zero-order valence-corrected chi connectivity index (χ0v) is 24.2. The van der Waals surface area contributed by atoms with Gasteiger partial charge in [0, 0.05) is 6.54 Å². The lowest BCUT2D eigenvalue weighted by molar-refractivity contribution is -0.145. The lowest BCUT2D eigenvalue weighted by Crippen LogP contribution is -2.54. The first-order valence-electron chi connectivity index (χ1n) is 13.5. The molecule has 40 heavy (non-hydrogen) atoms. The van der Waals surface area contributed by atoms with Crippen molar-refractivity contribution < 1.29 is 38.6 Å². The Hall–Kier alpha value is -3.83. The van der Waals surface area contributed by atoms with Gasteiger partial charge < -0.3 is 35.8 Å². The Morgan fingerprint density at radius 3 is 2.27 bits per heavy atom. The predicted octanol–water partition coefficient (Wildman–Crippen LogP) is 2.68. The highest BCUT2D eigenvalue weighted by Crippen LogP contribution is 2.26. The van der Waals surface area contributed by atoms with Crippen molar-refractivity contribution >= 4 is 29.8 Å². The van der Waals surface area contributed by atoms with E-state index in [1.54, 1.807) is 26.8 Å². The number of amides is 4. The summed E-state index contributed by atoms with van der Waals surface area (Å²) in [5.74, 6) is -3.16. The van der Waals surface area contributed by atoms with Crippen LogP contribution in [-0.4, -0.2) is 71.6 Å². The molecule has 1 aromatic carbocycles. The second-order valence-corrected chi connectivity index (χ2v) is 10.5. The van der Waals surface area contributed by atoms with Crippen LogP contribution in [0.3, 0.4) is 0 Å². The molecule has 0 heterocycles. The molecule has 0 aliphatic carbocycles. The van der Waals surface area contributed by atoms with Gasteiger partial charge >= 0.3 is 12.1 Å². The van der Waals surface area contributed by atoms with Crippen LogP contribution in [0, 0.1) is 0 Å². The number of nitrogens with two attached hydrogens (primary N) is 1. The summed E-state index contributed by atoms with van der Waals surface area (Å²) in [7, 11) is 1.17. The molecular weight excluding hydrogens is 520 g/mol. The van der Waals surface area contributed by atoms with E-state index >= 15 is 0 Å². The number of benzene rings is 1. The van der Waals surface area contributed by atoms with E-state index in [1.807, 2.05) is 0 Å². The number of primary amides is 1. The number of nitrogens with zero attached hydrogens (tertiary/aromatic N) is 1. The van der Waals surface area contributed by atoms with Crippen molar-refractivity contribution in [3.63, 3.8) is 0 Å². The summed E-state index contributed by atoms with van der Waals surface area (Å²) in [5.41, 5.74) is 4.79. The molecule has 0 aromatic heterocycles. The second-order valence-electron chi connectivity index (χ2n) is 10.5. The van der Waals surface area contributed by atoms with Crippen molar-refractivity contribution in [2.75, 3.05) is 20.2 Å². The minimum atomic E-state index is -1.43. The van der Waals surface area contributed by atoms with Gasteiger partial charge in [0.1, 0.15) is 30.0 Å². The smallest absolute Gasteiger partial charge is 0.408 e. The molecule has 0 bridgehead atoms. The first-order valence-corrected chi connectivity index (χ1v) is 13.5. The average Bonchev–Trinajstić information content (AvgIpc) is 2.86. The van der Waals surface area contributed by atoms with Gasteiger partial charge in [0.15, 0.2) is 0 Å². The summed E-state index contributed by atoms with van der Waals surface area (Å²) in [5, 5.41) is 15.0. The van der Waals surface area contributed by atoms with Crippen molar-refractivity contribution in [2.45, 2.75) is 90.3 Å². The number of hydrogen-bond donors (Lipinski definition) is 4. The summed E-state index contributed by atoms with van der Waals surface area (Å²) in [6.45, 7) is 6.67. The first kappa shape index (κ1) is 34.2. The van der Waals surface area contributed by atoms with Crippen LogP contribution in [0.15, 0.2) is 24.3 Å². The van der Waals surface area contributed by atoms with E-state index in [1.165, 1.54) is 30.2 Å². The van der Waals surface area contributed by atoms with Gasteiger partial charge in [-0.1, -0.05) is 51.2 Å². The molecule has 2 unspecified atom stereocenters. The number of phenols is 1. The van der Waals surface area contributed by atoms with Crippen molar-refractivity contribution in [1.29, 1.82) is 0 Å². The number of nitrogens with one attached hydrogen (secondary N) is 2. The number of ether oxygens (including phenoxy) is 2. The van der Waals surface area contributed by atoms with Crippen LogP contribution in [0.5, 0.6) is 5.75 Å². The number of aromatic hydroxyl groups is 1. The maximum atomic E-state index is 14.0. The number of rotatable bonds is 16. The molecule has 0 aliphatic rings. The zero-order chi connectivity index (χ0) is 30.3. The van der Waals surface area contributed by atoms with E-state index in [2.05, 4.69) is 22.3 Å². The van der Waals surface area contributed by atoms with Crippen LogP contribution >= 0.6 is 0 Å². The Labute approximate surface area is 235 Å². The van der Waals surface area contributed by atoms with Crippen molar-refractivity contribution in [2.24, 2.45) is 5.73 Å². The number of esters is 1. The Morgan fingerprint density at radius 2 is 1.70 bits per heavy atom. The SMILES string of the molecule is CCCCCCCCN(C(=O)C(CC(N)=O)NC(=O)OC(C)(C)C)C(C(=O)NCC(=O)OC)c1cccc(O)c1. The van der Waals surface area contributed by atoms with Gasteiger partial charge in [0.25, 0.3) is 0 Å². The summed E-state index contributed by atoms with van der Waals surface area (Å²) in [6.07, 6.45) is 3.88. The van der Waals surface area contributed by atoms with E-state index in [4.69, 9.17) is 10.5 Å². The lowest BCUT2D eigenvalue weighted by atomic mass is 10.0. The molecule has 5 N–H and O–H groups in total. The van der Waals surface area contributed by atoms with Crippen molar-refractivity contribution in [3.8, 4) is 5.75 Å². The molecule has 0 saturated carbocycles. The van der Waals surface area contributed by atoms with E-state index < -0.39 is 60.4 Å². The number of phenolic OH excluding ortho intramolecular Hbond substituents is 1. The van der Waals surface area contributed by atoms with E-state index in [0.29, 0.717) is 6.42 Å². The normalized spacial score (nSPS) is 12.5. The van der Waals surface area contributed by atoms with Crippen molar-refractivity contribution in [1.82, 2.24) is 15.5 Å². The summed E-state index contributed by atoms with van der Waals surface area (Å²) < 4.78 is 9.87. The van der Waals surface area contributed by atoms with Gasteiger partial charge in [-0.05, 0) is 44.9 Å². The number of methoxy groups -OCH3 is 1. The third kappa shape index (κ3) is 12.8. The minimum Gasteiger partial charge on any atom is -0.508 e. The van der Waals surface area contributed by atoms with Crippen LogP contribution in [0.25, 0.3) is 0 Å².